The molecule has 4 rings (SSSR count). The van der Waals surface area contributed by atoms with Crippen LogP contribution >= 0.6 is 11.8 Å². The molecule has 2 saturated heterocycles. The summed E-state index contributed by atoms with van der Waals surface area (Å²) in [6.07, 6.45) is 1.67. The second-order valence-electron chi connectivity index (χ2n) is 8.07. The highest BCUT2D eigenvalue weighted by Gasteiger charge is 2.28. The quantitative estimate of drug-likeness (QED) is 0.746. The Morgan fingerprint density at radius 1 is 1.33 bits per heavy atom. The third-order valence-corrected chi connectivity index (χ3v) is 7.13. The van der Waals surface area contributed by atoms with E-state index in [0.717, 1.165) is 32.6 Å². The van der Waals surface area contributed by atoms with E-state index in [9.17, 15) is 13.6 Å². The average Bonchev–Trinajstić information content (AvgIpc) is 2.72. The molecule has 0 radical (unpaired) electrons. The van der Waals surface area contributed by atoms with Crippen molar-refractivity contribution in [2.75, 3.05) is 40.0 Å². The van der Waals surface area contributed by atoms with Crippen LogP contribution in [0.15, 0.2) is 16.9 Å². The normalized spacial score (nSPS) is 23.7. The van der Waals surface area contributed by atoms with Crippen molar-refractivity contribution in [3.05, 3.63) is 34.1 Å². The van der Waals surface area contributed by atoms with Gasteiger partial charge in [-0.15, -0.1) is 0 Å². The Hall–Kier alpha value is -1.71. The molecule has 0 bridgehead atoms. The van der Waals surface area contributed by atoms with E-state index < -0.39 is 17.5 Å². The van der Waals surface area contributed by atoms with Gasteiger partial charge in [-0.3, -0.25) is 4.79 Å². The molecule has 2 fully saturated rings. The van der Waals surface area contributed by atoms with Crippen LogP contribution < -0.4 is 10.3 Å². The number of ether oxygens (including phenoxy) is 2. The number of nitrogens with zero attached hydrogens (tertiary/aromatic N) is 2. The van der Waals surface area contributed by atoms with Crippen LogP contribution in [0.25, 0.3) is 10.9 Å². The van der Waals surface area contributed by atoms with Gasteiger partial charge in [0.15, 0.2) is 0 Å². The molecule has 1 aromatic carbocycles. The first kappa shape index (κ1) is 21.5. The lowest BCUT2D eigenvalue weighted by Gasteiger charge is -2.32. The molecular weight excluding hydrogens is 412 g/mol. The molecule has 2 aliphatic rings. The van der Waals surface area contributed by atoms with Crippen molar-refractivity contribution in [3.63, 3.8) is 0 Å². The Labute approximate surface area is 178 Å². The van der Waals surface area contributed by atoms with E-state index in [4.69, 9.17) is 9.47 Å². The smallest absolute Gasteiger partial charge is 0.261 e. The molecule has 0 aliphatic carbocycles. The van der Waals surface area contributed by atoms with E-state index in [1.807, 2.05) is 11.9 Å². The Balaban J connectivity index is 1.47. The van der Waals surface area contributed by atoms with Crippen molar-refractivity contribution < 1.29 is 18.3 Å². The first-order valence-corrected chi connectivity index (χ1v) is 11.4. The van der Waals surface area contributed by atoms with E-state index in [1.54, 1.807) is 17.8 Å². The molecule has 3 heterocycles. The van der Waals surface area contributed by atoms with E-state index in [2.05, 4.69) is 9.97 Å². The second-order valence-corrected chi connectivity index (χ2v) is 9.36. The summed E-state index contributed by atoms with van der Waals surface area (Å²) in [7, 11) is 1.89. The minimum Gasteiger partial charge on any atom is -0.493 e. The van der Waals surface area contributed by atoms with Crippen molar-refractivity contribution in [1.82, 2.24) is 14.9 Å². The van der Waals surface area contributed by atoms with Gasteiger partial charge in [0.25, 0.3) is 5.56 Å². The van der Waals surface area contributed by atoms with Gasteiger partial charge in [0, 0.05) is 43.1 Å². The van der Waals surface area contributed by atoms with Crippen LogP contribution in [0.4, 0.5) is 8.78 Å². The van der Waals surface area contributed by atoms with Crippen LogP contribution in [0, 0.1) is 11.7 Å². The van der Waals surface area contributed by atoms with E-state index in [1.165, 1.54) is 6.07 Å². The molecular formula is C21H27F2N3O3S. The number of thioether (sulfide) groups is 1. The zero-order valence-corrected chi connectivity index (χ0v) is 17.9. The molecule has 0 amide bonds. The summed E-state index contributed by atoms with van der Waals surface area (Å²) >= 11 is 1.72. The van der Waals surface area contributed by atoms with Crippen LogP contribution in [0.3, 0.4) is 0 Å². The van der Waals surface area contributed by atoms with Crippen molar-refractivity contribution in [2.45, 2.75) is 36.4 Å². The summed E-state index contributed by atoms with van der Waals surface area (Å²) in [6.45, 7) is 2.87. The molecule has 164 valence electrons. The molecule has 9 heteroatoms. The van der Waals surface area contributed by atoms with Crippen LogP contribution in [-0.4, -0.2) is 66.2 Å². The number of aromatic amines is 1. The van der Waals surface area contributed by atoms with Gasteiger partial charge < -0.3 is 19.4 Å². The first-order valence-electron chi connectivity index (χ1n) is 10.4. The highest BCUT2D eigenvalue weighted by atomic mass is 32.2. The average molecular weight is 440 g/mol. The highest BCUT2D eigenvalue weighted by Crippen LogP contribution is 2.27. The number of aromatic nitrogens is 2. The molecule has 30 heavy (non-hydrogen) atoms. The fourth-order valence-electron chi connectivity index (χ4n) is 3.94. The minimum absolute atomic E-state index is 0.0789. The number of piperidine rings is 1. The number of nitrogens with one attached hydrogen (secondary N) is 1. The number of likely N-dealkylation sites (tertiary alicyclic amines) is 1. The van der Waals surface area contributed by atoms with Crippen molar-refractivity contribution in [1.29, 1.82) is 0 Å². The third-order valence-electron chi connectivity index (χ3n) is 5.75. The van der Waals surface area contributed by atoms with Gasteiger partial charge in [-0.2, -0.15) is 11.8 Å². The molecule has 2 aromatic rings. The van der Waals surface area contributed by atoms with E-state index in [0.29, 0.717) is 29.8 Å². The number of hydrogen-bond acceptors (Lipinski definition) is 6. The van der Waals surface area contributed by atoms with Gasteiger partial charge in [0.1, 0.15) is 28.9 Å². The van der Waals surface area contributed by atoms with Gasteiger partial charge in [0.2, 0.25) is 0 Å². The number of benzene rings is 1. The maximum atomic E-state index is 14.6. The van der Waals surface area contributed by atoms with Gasteiger partial charge in [-0.25, -0.2) is 13.8 Å². The molecule has 6 nitrogen and oxygen atoms in total. The Morgan fingerprint density at radius 2 is 2.13 bits per heavy atom. The molecule has 1 N–H and O–H groups in total. The zero-order valence-electron chi connectivity index (χ0n) is 17.0. The number of rotatable bonds is 6. The summed E-state index contributed by atoms with van der Waals surface area (Å²) in [5.74, 6) is 0.423. The van der Waals surface area contributed by atoms with Crippen LogP contribution in [0.2, 0.25) is 0 Å². The number of hydrogen-bond donors (Lipinski definition) is 1. The largest absolute Gasteiger partial charge is 0.493 e. The molecule has 2 atom stereocenters. The number of alkyl halides is 1. The summed E-state index contributed by atoms with van der Waals surface area (Å²) in [6, 6.07) is 2.75. The third kappa shape index (κ3) is 5.12. The predicted octanol–water partition coefficient (Wildman–Crippen LogP) is 3.14. The van der Waals surface area contributed by atoms with Crippen molar-refractivity contribution >= 4 is 22.7 Å². The Kier molecular flexibility index (Phi) is 6.90. The zero-order chi connectivity index (χ0) is 21.1. The number of halogens is 2. The van der Waals surface area contributed by atoms with Crippen LogP contribution in [-0.2, 0) is 10.5 Å². The van der Waals surface area contributed by atoms with Gasteiger partial charge in [-0.1, -0.05) is 0 Å². The maximum absolute atomic E-state index is 14.6. The molecule has 0 spiro atoms. The Bertz CT molecular complexity index is 936. The molecule has 0 unspecified atom stereocenters. The van der Waals surface area contributed by atoms with Crippen LogP contribution in [0.5, 0.6) is 5.75 Å². The number of H-pyrrole nitrogens is 1. The van der Waals surface area contributed by atoms with Gasteiger partial charge in [-0.05, 0) is 32.9 Å². The fourth-order valence-corrected chi connectivity index (χ4v) is 4.99. The maximum Gasteiger partial charge on any atom is 0.261 e. The molecule has 2 aliphatic heterocycles. The summed E-state index contributed by atoms with van der Waals surface area (Å²) in [4.78, 5) is 21.5. The van der Waals surface area contributed by atoms with E-state index >= 15 is 0 Å². The van der Waals surface area contributed by atoms with E-state index in [-0.39, 0.29) is 29.2 Å². The number of fused-ring (bicyclic) bond motifs is 1. The lowest BCUT2D eigenvalue weighted by Crippen LogP contribution is -2.41. The van der Waals surface area contributed by atoms with Crippen LogP contribution in [0.1, 0.15) is 25.1 Å². The minimum atomic E-state index is -0.969. The van der Waals surface area contributed by atoms with Crippen molar-refractivity contribution in [2.24, 2.45) is 5.92 Å². The first-order chi connectivity index (χ1) is 14.5. The van der Waals surface area contributed by atoms with Gasteiger partial charge >= 0.3 is 0 Å². The summed E-state index contributed by atoms with van der Waals surface area (Å²) < 4.78 is 39.9. The Morgan fingerprint density at radius 3 is 2.90 bits per heavy atom. The lowest BCUT2D eigenvalue weighted by atomic mass is 9.96. The SMILES string of the molecule is CN1CC[C@@H](COc2cc(F)c3c(=O)[nH]c(CSC4CCOCC4)nc3c2)[C@H](F)C1. The standard InChI is InChI=1S/C21H27F2N3O3S/c1-26-5-2-13(17(23)10-26)11-29-14-8-16(22)20-18(9-14)24-19(25-21(20)27)12-30-15-3-6-28-7-4-15/h8-9,13,15,17H,2-7,10-12H2,1H3,(H,24,25,27)/t13-,17+/m0/s1. The predicted molar refractivity (Wildman–Crippen MR) is 113 cm³/mol. The monoisotopic (exact) mass is 439 g/mol. The van der Waals surface area contributed by atoms with Crippen molar-refractivity contribution in [3.8, 4) is 5.75 Å². The highest BCUT2D eigenvalue weighted by molar-refractivity contribution is 7.99. The molecule has 0 saturated carbocycles. The summed E-state index contributed by atoms with van der Waals surface area (Å²) in [5, 5.41) is 0.388. The van der Waals surface area contributed by atoms with Gasteiger partial charge in [0.05, 0.1) is 17.9 Å². The fraction of sp³-hybridized carbons (Fsp3) is 0.619. The summed E-state index contributed by atoms with van der Waals surface area (Å²) in [5.41, 5.74) is -0.234. The molecule has 1 aromatic heterocycles. The second kappa shape index (κ2) is 9.62. The topological polar surface area (TPSA) is 67.5 Å². The lowest BCUT2D eigenvalue weighted by molar-refractivity contribution is 0.0695.